The van der Waals surface area contributed by atoms with Crippen LogP contribution < -0.4 is 10.6 Å². The molecule has 2 N–H and O–H groups in total. The van der Waals surface area contributed by atoms with Crippen molar-refractivity contribution in [3.05, 3.63) is 59.2 Å². The van der Waals surface area contributed by atoms with Gasteiger partial charge in [-0.25, -0.2) is 8.42 Å². The van der Waals surface area contributed by atoms with Crippen molar-refractivity contribution < 1.29 is 18.0 Å². The Labute approximate surface area is 171 Å². The van der Waals surface area contributed by atoms with Gasteiger partial charge in [0.1, 0.15) is 0 Å². The molecule has 0 radical (unpaired) electrons. The number of carbonyl (C=O) groups is 2. The summed E-state index contributed by atoms with van der Waals surface area (Å²) in [5, 5.41) is 5.56. The van der Waals surface area contributed by atoms with Crippen molar-refractivity contribution in [2.75, 3.05) is 18.9 Å². The number of benzene rings is 2. The zero-order chi connectivity index (χ0) is 21.2. The highest BCUT2D eigenvalue weighted by Gasteiger charge is 2.24. The lowest BCUT2D eigenvalue weighted by Crippen LogP contribution is -2.35. The van der Waals surface area contributed by atoms with Crippen molar-refractivity contribution in [3.8, 4) is 0 Å². The zero-order valence-corrected chi connectivity index (χ0v) is 17.5. The van der Waals surface area contributed by atoms with Crippen LogP contribution in [0.15, 0.2) is 47.4 Å². The van der Waals surface area contributed by atoms with Gasteiger partial charge in [-0.1, -0.05) is 6.07 Å². The second-order valence-corrected chi connectivity index (χ2v) is 9.43. The van der Waals surface area contributed by atoms with Gasteiger partial charge < -0.3 is 10.6 Å². The Morgan fingerprint density at radius 3 is 2.28 bits per heavy atom. The number of amides is 2. The molecule has 0 aliphatic heterocycles. The first-order chi connectivity index (χ1) is 13.7. The van der Waals surface area contributed by atoms with E-state index in [0.717, 1.165) is 28.3 Å². The number of sulfonamides is 1. The molecule has 0 bridgehead atoms. The van der Waals surface area contributed by atoms with Crippen molar-refractivity contribution in [1.29, 1.82) is 0 Å². The van der Waals surface area contributed by atoms with Crippen LogP contribution in [0, 0.1) is 13.8 Å². The smallest absolute Gasteiger partial charge is 0.251 e. The predicted octanol–water partition coefficient (Wildman–Crippen LogP) is 2.45. The molecule has 3 rings (SSSR count). The summed E-state index contributed by atoms with van der Waals surface area (Å²) >= 11 is 0. The summed E-state index contributed by atoms with van der Waals surface area (Å²) in [4.78, 5) is 24.4. The molecule has 2 aromatic carbocycles. The molecule has 154 valence electrons. The first kappa shape index (κ1) is 21.0. The van der Waals surface area contributed by atoms with Crippen molar-refractivity contribution >= 4 is 27.5 Å². The van der Waals surface area contributed by atoms with E-state index in [-0.39, 0.29) is 23.4 Å². The fourth-order valence-corrected chi connectivity index (χ4v) is 3.96. The number of aryl methyl sites for hydroxylation is 2. The van der Waals surface area contributed by atoms with E-state index in [1.165, 1.54) is 13.1 Å². The Balaban J connectivity index is 1.60. The number of likely N-dealkylation sites (N-methyl/N-ethyl adjacent to an activating group) is 1. The van der Waals surface area contributed by atoms with Crippen LogP contribution in [0.5, 0.6) is 0 Å². The van der Waals surface area contributed by atoms with Gasteiger partial charge in [-0.3, -0.25) is 9.59 Å². The molecule has 0 saturated heterocycles. The standard InChI is InChI=1S/C21H25N3O4S/c1-14-4-11-19(12-15(14)2)29(27,28)24(3)13-20(25)22-17-7-5-16(6-8-17)21(26)23-18-9-10-18/h4-8,11-12,18H,9-10,13H2,1-3H3,(H,22,25)(H,23,26). The first-order valence-electron chi connectivity index (χ1n) is 9.41. The molecule has 0 unspecified atom stereocenters. The van der Waals surface area contributed by atoms with E-state index >= 15 is 0 Å². The molecular weight excluding hydrogens is 390 g/mol. The molecule has 7 nitrogen and oxygen atoms in total. The van der Waals surface area contributed by atoms with Crippen molar-refractivity contribution in [3.63, 3.8) is 0 Å². The summed E-state index contributed by atoms with van der Waals surface area (Å²) in [6, 6.07) is 11.7. The van der Waals surface area contributed by atoms with Gasteiger partial charge >= 0.3 is 0 Å². The van der Waals surface area contributed by atoms with Gasteiger partial charge in [0.15, 0.2) is 0 Å². The number of hydrogen-bond donors (Lipinski definition) is 2. The van der Waals surface area contributed by atoms with Crippen molar-refractivity contribution in [2.24, 2.45) is 0 Å². The molecule has 29 heavy (non-hydrogen) atoms. The van der Waals surface area contributed by atoms with Crippen LogP contribution in [0.1, 0.15) is 34.3 Å². The minimum absolute atomic E-state index is 0.135. The molecule has 0 spiro atoms. The number of hydrogen-bond acceptors (Lipinski definition) is 4. The molecule has 1 aliphatic carbocycles. The molecule has 2 amide bonds. The number of nitrogens with one attached hydrogen (secondary N) is 2. The summed E-state index contributed by atoms with van der Waals surface area (Å²) in [6.45, 7) is 3.43. The van der Waals surface area contributed by atoms with E-state index < -0.39 is 15.9 Å². The minimum Gasteiger partial charge on any atom is -0.349 e. The third-order valence-corrected chi connectivity index (χ3v) is 6.70. The van der Waals surface area contributed by atoms with Crippen LogP contribution in [-0.4, -0.2) is 44.2 Å². The zero-order valence-electron chi connectivity index (χ0n) is 16.7. The van der Waals surface area contributed by atoms with Crippen LogP contribution >= 0.6 is 0 Å². The molecule has 1 saturated carbocycles. The monoisotopic (exact) mass is 415 g/mol. The van der Waals surface area contributed by atoms with Gasteiger partial charge in [0.25, 0.3) is 5.91 Å². The van der Waals surface area contributed by atoms with Crippen LogP contribution in [0.2, 0.25) is 0 Å². The Morgan fingerprint density at radius 2 is 1.69 bits per heavy atom. The molecule has 0 aromatic heterocycles. The van der Waals surface area contributed by atoms with Crippen LogP contribution in [0.3, 0.4) is 0 Å². The average Bonchev–Trinajstić information content (AvgIpc) is 3.48. The number of carbonyl (C=O) groups excluding carboxylic acids is 2. The van der Waals surface area contributed by atoms with Gasteiger partial charge in [-0.05, 0) is 74.2 Å². The average molecular weight is 416 g/mol. The maximum absolute atomic E-state index is 12.7. The number of anilines is 1. The third kappa shape index (κ3) is 5.21. The maximum atomic E-state index is 12.7. The van der Waals surface area contributed by atoms with Crippen LogP contribution in [-0.2, 0) is 14.8 Å². The van der Waals surface area contributed by atoms with Gasteiger partial charge in [0.05, 0.1) is 11.4 Å². The van der Waals surface area contributed by atoms with Gasteiger partial charge in [0.2, 0.25) is 15.9 Å². The van der Waals surface area contributed by atoms with Gasteiger partial charge in [-0.2, -0.15) is 4.31 Å². The highest BCUT2D eigenvalue weighted by atomic mass is 32.2. The van der Waals surface area contributed by atoms with Crippen LogP contribution in [0.25, 0.3) is 0 Å². The summed E-state index contributed by atoms with van der Waals surface area (Å²) in [5.41, 5.74) is 2.88. The van der Waals surface area contributed by atoms with Gasteiger partial charge in [0, 0.05) is 24.3 Å². The molecule has 0 heterocycles. The highest BCUT2D eigenvalue weighted by Crippen LogP contribution is 2.20. The van der Waals surface area contributed by atoms with E-state index in [4.69, 9.17) is 0 Å². The fraction of sp³-hybridized carbons (Fsp3) is 0.333. The van der Waals surface area contributed by atoms with E-state index in [1.54, 1.807) is 36.4 Å². The summed E-state index contributed by atoms with van der Waals surface area (Å²) in [5.74, 6) is -0.598. The Bertz CT molecular complexity index is 1030. The number of nitrogens with zero attached hydrogens (tertiary/aromatic N) is 1. The third-order valence-electron chi connectivity index (χ3n) is 4.90. The SMILES string of the molecule is Cc1ccc(S(=O)(=O)N(C)CC(=O)Nc2ccc(C(=O)NC3CC3)cc2)cc1C. The highest BCUT2D eigenvalue weighted by molar-refractivity contribution is 7.89. The Kier molecular flexibility index (Phi) is 6.04. The lowest BCUT2D eigenvalue weighted by Gasteiger charge is -2.17. The lowest BCUT2D eigenvalue weighted by atomic mass is 10.1. The van der Waals surface area contributed by atoms with Crippen LogP contribution in [0.4, 0.5) is 5.69 Å². The normalized spacial score (nSPS) is 13.9. The van der Waals surface area contributed by atoms with Gasteiger partial charge in [-0.15, -0.1) is 0 Å². The minimum atomic E-state index is -3.77. The quantitative estimate of drug-likeness (QED) is 0.726. The molecular formula is C21H25N3O4S. The van der Waals surface area contributed by atoms with E-state index in [1.807, 2.05) is 13.8 Å². The topological polar surface area (TPSA) is 95.6 Å². The fourth-order valence-electron chi connectivity index (χ4n) is 2.74. The van der Waals surface area contributed by atoms with E-state index in [9.17, 15) is 18.0 Å². The molecule has 0 atom stereocenters. The molecule has 1 aliphatic rings. The molecule has 8 heteroatoms. The largest absolute Gasteiger partial charge is 0.349 e. The van der Waals surface area contributed by atoms with Crippen molar-refractivity contribution in [1.82, 2.24) is 9.62 Å². The second-order valence-electron chi connectivity index (χ2n) is 7.38. The summed E-state index contributed by atoms with van der Waals surface area (Å²) in [7, 11) is -2.40. The predicted molar refractivity (Wildman–Crippen MR) is 111 cm³/mol. The molecule has 2 aromatic rings. The Morgan fingerprint density at radius 1 is 1.03 bits per heavy atom. The Hall–Kier alpha value is -2.71. The maximum Gasteiger partial charge on any atom is 0.251 e. The van der Waals surface area contributed by atoms with Crippen molar-refractivity contribution in [2.45, 2.75) is 37.6 Å². The van der Waals surface area contributed by atoms with E-state index in [2.05, 4.69) is 10.6 Å². The molecule has 1 fully saturated rings. The summed E-state index contributed by atoms with van der Waals surface area (Å²) in [6.07, 6.45) is 2.02. The number of rotatable bonds is 7. The summed E-state index contributed by atoms with van der Waals surface area (Å²) < 4.78 is 26.4. The second kappa shape index (κ2) is 8.34. The lowest BCUT2D eigenvalue weighted by molar-refractivity contribution is -0.116. The van der Waals surface area contributed by atoms with E-state index in [0.29, 0.717) is 11.3 Å². The first-order valence-corrected chi connectivity index (χ1v) is 10.8.